The average Bonchev–Trinajstić information content (AvgIpc) is 2.81. The minimum Gasteiger partial charge on any atom is -0.504 e. The number of amides is 1. The number of aliphatic imine (C=N–C) groups is 1. The Morgan fingerprint density at radius 1 is 1.18 bits per heavy atom. The van der Waals surface area contributed by atoms with Crippen LogP contribution in [0.25, 0.3) is 0 Å². The van der Waals surface area contributed by atoms with Crippen molar-refractivity contribution in [2.45, 2.75) is 44.8 Å². The summed E-state index contributed by atoms with van der Waals surface area (Å²) in [6.45, 7) is 5.61. The Balaban J connectivity index is 1.66. The summed E-state index contributed by atoms with van der Waals surface area (Å²) >= 11 is 6.11. The van der Waals surface area contributed by atoms with Crippen molar-refractivity contribution in [1.82, 2.24) is 10.2 Å². The number of hydrogen-bond donors (Lipinski definition) is 2. The molecule has 1 atom stereocenters. The summed E-state index contributed by atoms with van der Waals surface area (Å²) in [4.78, 5) is 19.1. The summed E-state index contributed by atoms with van der Waals surface area (Å²) in [7, 11) is 0. The van der Waals surface area contributed by atoms with E-state index in [0.29, 0.717) is 56.3 Å². The van der Waals surface area contributed by atoms with Gasteiger partial charge in [-0.25, -0.2) is 4.79 Å². The van der Waals surface area contributed by atoms with Crippen LogP contribution in [0.5, 0.6) is 11.5 Å². The normalized spacial score (nSPS) is 19.8. The highest BCUT2D eigenvalue weighted by Gasteiger charge is 2.41. The summed E-state index contributed by atoms with van der Waals surface area (Å²) in [5.41, 5.74) is 2.17. The maximum Gasteiger partial charge on any atom is 0.409 e. The van der Waals surface area contributed by atoms with Crippen LogP contribution in [-0.4, -0.2) is 53.8 Å². The zero-order valence-corrected chi connectivity index (χ0v) is 19.8. The van der Waals surface area contributed by atoms with Crippen LogP contribution in [0.3, 0.4) is 0 Å². The topological polar surface area (TPSA) is 83.4 Å². The molecule has 2 aromatic carbocycles. The lowest BCUT2D eigenvalue weighted by molar-refractivity contribution is 0.0778. The van der Waals surface area contributed by atoms with Gasteiger partial charge in [0.2, 0.25) is 0 Å². The van der Waals surface area contributed by atoms with Crippen molar-refractivity contribution in [1.29, 1.82) is 0 Å². The molecule has 0 bridgehead atoms. The number of hydrogen-bond acceptors (Lipinski definition) is 6. The molecule has 2 aliphatic heterocycles. The Kier molecular flexibility index (Phi) is 7.10. The molecule has 33 heavy (non-hydrogen) atoms. The molecule has 1 amide bonds. The highest BCUT2D eigenvalue weighted by atomic mass is 35.5. The van der Waals surface area contributed by atoms with Gasteiger partial charge in [-0.1, -0.05) is 35.9 Å². The Morgan fingerprint density at radius 3 is 2.58 bits per heavy atom. The Morgan fingerprint density at radius 2 is 1.91 bits per heavy atom. The SMILES string of the molecule is CCOC(=O)N1CCC2(CC1)N=C(c1ccc(Cl)cc1)CC(c1cccc(OCC)c1O)N2. The van der Waals surface area contributed by atoms with Crippen LogP contribution in [0.1, 0.15) is 50.3 Å². The number of ether oxygens (including phenoxy) is 2. The first-order valence-electron chi connectivity index (χ1n) is 11.4. The van der Waals surface area contributed by atoms with E-state index in [1.165, 1.54) is 0 Å². The predicted octanol–water partition coefficient (Wildman–Crippen LogP) is 4.92. The molecule has 176 valence electrons. The molecule has 1 saturated heterocycles. The number of rotatable bonds is 5. The fourth-order valence-electron chi connectivity index (χ4n) is 4.54. The van der Waals surface area contributed by atoms with Gasteiger partial charge >= 0.3 is 6.09 Å². The predicted molar refractivity (Wildman–Crippen MR) is 128 cm³/mol. The lowest BCUT2D eigenvalue weighted by Crippen LogP contribution is -2.56. The van der Waals surface area contributed by atoms with Gasteiger partial charge in [0.05, 0.1) is 13.2 Å². The number of likely N-dealkylation sites (tertiary alicyclic amines) is 1. The zero-order valence-electron chi connectivity index (χ0n) is 19.0. The fourth-order valence-corrected chi connectivity index (χ4v) is 4.67. The number of carbonyl (C=O) groups excluding carboxylic acids is 1. The summed E-state index contributed by atoms with van der Waals surface area (Å²) in [5, 5.41) is 15.3. The fraction of sp³-hybridized carbons (Fsp3) is 0.440. The lowest BCUT2D eigenvalue weighted by Gasteiger charge is -2.45. The van der Waals surface area contributed by atoms with Crippen molar-refractivity contribution in [3.8, 4) is 11.5 Å². The van der Waals surface area contributed by atoms with E-state index in [-0.39, 0.29) is 17.9 Å². The largest absolute Gasteiger partial charge is 0.504 e. The summed E-state index contributed by atoms with van der Waals surface area (Å²) in [5.74, 6) is 0.617. The molecule has 0 saturated carbocycles. The summed E-state index contributed by atoms with van der Waals surface area (Å²) < 4.78 is 10.8. The van der Waals surface area contributed by atoms with Crippen molar-refractivity contribution in [2.75, 3.05) is 26.3 Å². The molecule has 1 fully saturated rings. The van der Waals surface area contributed by atoms with E-state index in [9.17, 15) is 9.90 Å². The maximum atomic E-state index is 12.2. The van der Waals surface area contributed by atoms with Gasteiger partial charge in [-0.3, -0.25) is 10.3 Å². The van der Waals surface area contributed by atoms with Crippen LogP contribution in [0.4, 0.5) is 4.79 Å². The van der Waals surface area contributed by atoms with Crippen molar-refractivity contribution < 1.29 is 19.4 Å². The van der Waals surface area contributed by atoms with Gasteiger partial charge in [0, 0.05) is 54.7 Å². The minimum atomic E-state index is -0.547. The molecule has 2 aliphatic rings. The second-order valence-electron chi connectivity index (χ2n) is 8.31. The molecule has 1 spiro atoms. The molecule has 7 nitrogen and oxygen atoms in total. The quantitative estimate of drug-likeness (QED) is 0.646. The summed E-state index contributed by atoms with van der Waals surface area (Å²) in [6, 6.07) is 13.1. The van der Waals surface area contributed by atoms with Gasteiger partial charge in [0.25, 0.3) is 0 Å². The van der Waals surface area contributed by atoms with Crippen LogP contribution in [-0.2, 0) is 4.74 Å². The molecule has 2 aromatic rings. The maximum absolute atomic E-state index is 12.2. The molecule has 1 unspecified atom stereocenters. The molecule has 0 aromatic heterocycles. The Labute approximate surface area is 199 Å². The lowest BCUT2D eigenvalue weighted by atomic mass is 9.87. The van der Waals surface area contributed by atoms with Crippen LogP contribution in [0.15, 0.2) is 47.5 Å². The highest BCUT2D eigenvalue weighted by Crippen LogP contribution is 2.40. The van der Waals surface area contributed by atoms with Crippen molar-refractivity contribution in [3.63, 3.8) is 0 Å². The molecule has 0 radical (unpaired) electrons. The number of phenols is 1. The number of piperidine rings is 1. The second kappa shape index (κ2) is 10.0. The molecule has 2 N–H and O–H groups in total. The molecule has 4 rings (SSSR count). The van der Waals surface area contributed by atoms with Crippen LogP contribution < -0.4 is 10.1 Å². The van der Waals surface area contributed by atoms with Crippen LogP contribution in [0.2, 0.25) is 5.02 Å². The number of para-hydroxylation sites is 1. The van der Waals surface area contributed by atoms with E-state index in [1.54, 1.807) is 11.0 Å². The van der Waals surface area contributed by atoms with Crippen molar-refractivity contribution >= 4 is 23.4 Å². The molecule has 8 heteroatoms. The van der Waals surface area contributed by atoms with Gasteiger partial charge in [0.1, 0.15) is 5.66 Å². The molecule has 2 heterocycles. The van der Waals surface area contributed by atoms with E-state index in [4.69, 9.17) is 26.1 Å². The molecular formula is C25H30ClN3O4. The van der Waals surface area contributed by atoms with E-state index in [0.717, 1.165) is 16.8 Å². The minimum absolute atomic E-state index is 0.147. The Hall–Kier alpha value is -2.77. The number of nitrogens with one attached hydrogen (secondary N) is 1. The van der Waals surface area contributed by atoms with E-state index in [2.05, 4.69) is 5.32 Å². The number of halogens is 1. The third-order valence-corrected chi connectivity index (χ3v) is 6.44. The van der Waals surface area contributed by atoms with E-state index < -0.39 is 5.66 Å². The highest BCUT2D eigenvalue weighted by molar-refractivity contribution is 6.30. The number of carbonyl (C=O) groups is 1. The van der Waals surface area contributed by atoms with Gasteiger partial charge < -0.3 is 19.5 Å². The first-order valence-corrected chi connectivity index (χ1v) is 11.8. The van der Waals surface area contributed by atoms with E-state index >= 15 is 0 Å². The number of aromatic hydroxyl groups is 1. The first kappa shape index (κ1) is 23.4. The average molecular weight is 472 g/mol. The summed E-state index contributed by atoms with van der Waals surface area (Å²) in [6.07, 6.45) is 1.61. The van der Waals surface area contributed by atoms with Gasteiger partial charge in [0.15, 0.2) is 11.5 Å². The number of nitrogens with zero attached hydrogens (tertiary/aromatic N) is 2. The zero-order chi connectivity index (χ0) is 23.4. The van der Waals surface area contributed by atoms with Crippen LogP contribution in [0, 0.1) is 0 Å². The monoisotopic (exact) mass is 471 g/mol. The molecule has 0 aliphatic carbocycles. The van der Waals surface area contributed by atoms with Crippen LogP contribution >= 0.6 is 11.6 Å². The number of benzene rings is 2. The third-order valence-electron chi connectivity index (χ3n) is 6.19. The van der Waals surface area contributed by atoms with E-state index in [1.807, 2.05) is 50.2 Å². The third kappa shape index (κ3) is 5.09. The smallest absolute Gasteiger partial charge is 0.409 e. The number of phenolic OH excluding ortho intramolecular Hbond substituents is 1. The standard InChI is InChI=1S/C25H30ClN3O4/c1-3-32-22-7-5-6-19(23(22)30)21-16-20(17-8-10-18(26)11-9-17)27-25(28-21)12-14-29(15-13-25)24(31)33-4-2/h5-11,21,28,30H,3-4,12-16H2,1-2H3. The second-order valence-corrected chi connectivity index (χ2v) is 8.75. The first-order chi connectivity index (χ1) is 15.9. The Bertz CT molecular complexity index is 1020. The van der Waals surface area contributed by atoms with Crippen molar-refractivity contribution in [3.05, 3.63) is 58.6 Å². The van der Waals surface area contributed by atoms with Crippen molar-refractivity contribution in [2.24, 2.45) is 4.99 Å². The van der Waals surface area contributed by atoms with Gasteiger partial charge in [-0.05, 0) is 37.6 Å². The van der Waals surface area contributed by atoms with Gasteiger partial charge in [-0.2, -0.15) is 0 Å². The van der Waals surface area contributed by atoms with Gasteiger partial charge in [-0.15, -0.1) is 0 Å². The molecular weight excluding hydrogens is 442 g/mol.